The Balaban J connectivity index is 1.40. The van der Waals surface area contributed by atoms with E-state index in [1.165, 1.54) is 21.7 Å². The SMILES string of the molecule is CCN(CC)c1ccc(-c2ccc3sc(-c4c(NC(=O)CCNCCOC)sc5c4CCNC5)nc3c2)cc1. The highest BCUT2D eigenvalue weighted by Gasteiger charge is 2.25. The second-order valence-electron chi connectivity index (χ2n) is 9.60. The zero-order valence-corrected chi connectivity index (χ0v) is 24.6. The van der Waals surface area contributed by atoms with Gasteiger partial charge in [0.1, 0.15) is 10.0 Å². The topological polar surface area (TPSA) is 78.5 Å². The summed E-state index contributed by atoms with van der Waals surface area (Å²) in [5.74, 6) is 0.0179. The number of anilines is 2. The molecule has 5 rings (SSSR count). The Kier molecular flexibility index (Phi) is 9.26. The number of carbonyl (C=O) groups excluding carboxylic acids is 1. The summed E-state index contributed by atoms with van der Waals surface area (Å²) in [6.45, 7) is 10.1. The molecule has 0 saturated carbocycles. The zero-order valence-electron chi connectivity index (χ0n) is 22.9. The number of nitrogens with one attached hydrogen (secondary N) is 3. The summed E-state index contributed by atoms with van der Waals surface area (Å²) in [6, 6.07) is 15.3. The molecular formula is C30H37N5O2S2. The van der Waals surface area contributed by atoms with Gasteiger partial charge in [-0.3, -0.25) is 4.79 Å². The van der Waals surface area contributed by atoms with Gasteiger partial charge in [-0.2, -0.15) is 0 Å². The number of fused-ring (bicyclic) bond motifs is 2. The van der Waals surface area contributed by atoms with Gasteiger partial charge in [0.05, 0.1) is 16.8 Å². The van der Waals surface area contributed by atoms with Gasteiger partial charge in [-0.15, -0.1) is 22.7 Å². The number of thiophene rings is 1. The molecule has 2 aromatic heterocycles. The van der Waals surface area contributed by atoms with E-state index in [9.17, 15) is 4.79 Å². The van der Waals surface area contributed by atoms with Gasteiger partial charge in [0, 0.05) is 62.4 Å². The van der Waals surface area contributed by atoms with Crippen LogP contribution in [0.15, 0.2) is 42.5 Å². The van der Waals surface area contributed by atoms with E-state index in [1.807, 2.05) is 0 Å². The second-order valence-corrected chi connectivity index (χ2v) is 11.7. The molecule has 0 atom stereocenters. The molecule has 1 aliphatic heterocycles. The van der Waals surface area contributed by atoms with Crippen LogP contribution in [-0.2, 0) is 22.5 Å². The Morgan fingerprint density at radius 3 is 2.64 bits per heavy atom. The number of benzene rings is 2. The molecule has 0 spiro atoms. The van der Waals surface area contributed by atoms with E-state index in [1.54, 1.807) is 29.8 Å². The van der Waals surface area contributed by atoms with Gasteiger partial charge < -0.3 is 25.6 Å². The van der Waals surface area contributed by atoms with Gasteiger partial charge in [0.25, 0.3) is 0 Å². The third kappa shape index (κ3) is 6.34. The van der Waals surface area contributed by atoms with Crippen molar-refractivity contribution in [3.63, 3.8) is 0 Å². The number of amides is 1. The fourth-order valence-corrected chi connectivity index (χ4v) is 7.33. The molecule has 0 unspecified atom stereocenters. The Morgan fingerprint density at radius 1 is 1.08 bits per heavy atom. The summed E-state index contributed by atoms with van der Waals surface area (Å²) in [5.41, 5.74) is 7.01. The van der Waals surface area contributed by atoms with Crippen LogP contribution in [0.2, 0.25) is 0 Å². The lowest BCUT2D eigenvalue weighted by atomic mass is 10.0. The lowest BCUT2D eigenvalue weighted by Gasteiger charge is -2.21. The summed E-state index contributed by atoms with van der Waals surface area (Å²) in [6.07, 6.45) is 1.36. The molecule has 0 bridgehead atoms. The van der Waals surface area contributed by atoms with Crippen molar-refractivity contribution in [2.75, 3.05) is 56.7 Å². The summed E-state index contributed by atoms with van der Waals surface area (Å²) in [7, 11) is 1.68. The first kappa shape index (κ1) is 27.7. The van der Waals surface area contributed by atoms with Crippen molar-refractivity contribution in [1.29, 1.82) is 0 Å². The highest BCUT2D eigenvalue weighted by molar-refractivity contribution is 7.23. The van der Waals surface area contributed by atoms with Crippen molar-refractivity contribution in [3.8, 4) is 21.7 Å². The smallest absolute Gasteiger partial charge is 0.226 e. The van der Waals surface area contributed by atoms with Crippen LogP contribution in [-0.4, -0.2) is 57.3 Å². The lowest BCUT2D eigenvalue weighted by molar-refractivity contribution is -0.116. The summed E-state index contributed by atoms with van der Waals surface area (Å²) >= 11 is 3.38. The van der Waals surface area contributed by atoms with Crippen LogP contribution in [0.5, 0.6) is 0 Å². The number of aromatic nitrogens is 1. The number of hydrogen-bond acceptors (Lipinski definition) is 8. The number of hydrogen-bond donors (Lipinski definition) is 3. The molecule has 0 radical (unpaired) electrons. The molecular weight excluding hydrogens is 526 g/mol. The maximum absolute atomic E-state index is 12.8. The Morgan fingerprint density at radius 2 is 1.87 bits per heavy atom. The fraction of sp³-hybridized carbons (Fsp3) is 0.400. The van der Waals surface area contributed by atoms with E-state index in [0.717, 1.165) is 70.5 Å². The molecule has 4 aromatic rings. The number of nitrogens with zero attached hydrogens (tertiary/aromatic N) is 2. The van der Waals surface area contributed by atoms with Crippen molar-refractivity contribution in [2.45, 2.75) is 33.2 Å². The van der Waals surface area contributed by atoms with Crippen LogP contribution in [0.1, 0.15) is 30.7 Å². The maximum Gasteiger partial charge on any atom is 0.226 e. The minimum Gasteiger partial charge on any atom is -0.383 e. The van der Waals surface area contributed by atoms with Crippen molar-refractivity contribution < 1.29 is 9.53 Å². The molecule has 0 saturated heterocycles. The van der Waals surface area contributed by atoms with Gasteiger partial charge in [0.2, 0.25) is 5.91 Å². The monoisotopic (exact) mass is 563 g/mol. The Hall–Kier alpha value is -2.82. The van der Waals surface area contributed by atoms with Crippen LogP contribution >= 0.6 is 22.7 Å². The molecule has 2 aromatic carbocycles. The summed E-state index contributed by atoms with van der Waals surface area (Å²) < 4.78 is 6.21. The first-order valence-electron chi connectivity index (χ1n) is 13.7. The average Bonchev–Trinajstić information content (AvgIpc) is 3.54. The van der Waals surface area contributed by atoms with Crippen LogP contribution in [0.25, 0.3) is 31.9 Å². The highest BCUT2D eigenvalue weighted by atomic mass is 32.1. The van der Waals surface area contributed by atoms with Crippen molar-refractivity contribution in [1.82, 2.24) is 15.6 Å². The summed E-state index contributed by atoms with van der Waals surface area (Å²) in [5, 5.41) is 11.8. The van der Waals surface area contributed by atoms with Gasteiger partial charge in [0.15, 0.2) is 0 Å². The quantitative estimate of drug-likeness (QED) is 0.191. The molecule has 3 N–H and O–H groups in total. The Bertz CT molecular complexity index is 1410. The molecule has 0 aliphatic carbocycles. The van der Waals surface area contributed by atoms with Crippen molar-refractivity contribution in [2.24, 2.45) is 0 Å². The van der Waals surface area contributed by atoms with Gasteiger partial charge in [-0.1, -0.05) is 18.2 Å². The number of ether oxygens (including phenoxy) is 1. The molecule has 206 valence electrons. The van der Waals surface area contributed by atoms with Crippen LogP contribution in [0, 0.1) is 0 Å². The first-order chi connectivity index (χ1) is 19.1. The largest absolute Gasteiger partial charge is 0.383 e. The van der Waals surface area contributed by atoms with Crippen LogP contribution in [0.3, 0.4) is 0 Å². The minimum absolute atomic E-state index is 0.0179. The standard InChI is InChI=1S/C30H37N5O2S2/c1-4-35(5-2)22-9-6-20(7-10-22)21-8-11-25-24(18-21)33-29(38-25)28-23-12-14-32-19-26(23)39-30(28)34-27(36)13-15-31-16-17-37-3/h6-11,18,31-32H,4-5,12-17,19H2,1-3H3,(H,34,36). The van der Waals surface area contributed by atoms with Gasteiger partial charge in [-0.05, 0) is 67.8 Å². The first-order valence-corrected chi connectivity index (χ1v) is 15.4. The molecule has 7 nitrogen and oxygen atoms in total. The molecule has 1 amide bonds. The minimum atomic E-state index is 0.0179. The van der Waals surface area contributed by atoms with E-state index in [-0.39, 0.29) is 5.91 Å². The van der Waals surface area contributed by atoms with E-state index in [4.69, 9.17) is 9.72 Å². The van der Waals surface area contributed by atoms with E-state index < -0.39 is 0 Å². The van der Waals surface area contributed by atoms with E-state index in [2.05, 4.69) is 77.2 Å². The Labute approximate surface area is 238 Å². The van der Waals surface area contributed by atoms with E-state index >= 15 is 0 Å². The molecule has 39 heavy (non-hydrogen) atoms. The predicted octanol–water partition coefficient (Wildman–Crippen LogP) is 5.75. The number of rotatable bonds is 12. The summed E-state index contributed by atoms with van der Waals surface area (Å²) in [4.78, 5) is 21.6. The average molecular weight is 564 g/mol. The van der Waals surface area contributed by atoms with Crippen molar-refractivity contribution in [3.05, 3.63) is 52.9 Å². The highest BCUT2D eigenvalue weighted by Crippen LogP contribution is 2.45. The molecule has 9 heteroatoms. The number of carbonyl (C=O) groups is 1. The normalized spacial score (nSPS) is 13.0. The van der Waals surface area contributed by atoms with Gasteiger partial charge >= 0.3 is 0 Å². The van der Waals surface area contributed by atoms with Gasteiger partial charge in [-0.25, -0.2) is 4.98 Å². The van der Waals surface area contributed by atoms with E-state index in [0.29, 0.717) is 19.6 Å². The lowest BCUT2D eigenvalue weighted by Crippen LogP contribution is -2.24. The number of thiazole rings is 1. The maximum atomic E-state index is 12.8. The molecule has 0 fully saturated rings. The zero-order chi connectivity index (χ0) is 27.2. The molecule has 3 heterocycles. The fourth-order valence-electron chi connectivity index (χ4n) is 5.01. The van der Waals surface area contributed by atoms with Crippen LogP contribution in [0.4, 0.5) is 10.7 Å². The van der Waals surface area contributed by atoms with Crippen LogP contribution < -0.4 is 20.9 Å². The third-order valence-electron chi connectivity index (χ3n) is 7.12. The number of methoxy groups -OCH3 is 1. The molecule has 1 aliphatic rings. The predicted molar refractivity (Wildman–Crippen MR) is 165 cm³/mol. The third-order valence-corrected chi connectivity index (χ3v) is 9.32. The second kappa shape index (κ2) is 13.0. The van der Waals surface area contributed by atoms with Crippen molar-refractivity contribution >= 4 is 49.5 Å².